The van der Waals surface area contributed by atoms with Gasteiger partial charge in [-0.2, -0.15) is 14.0 Å². The van der Waals surface area contributed by atoms with E-state index in [9.17, 15) is 22.4 Å². The molecule has 0 aromatic heterocycles. The molecule has 0 bridgehead atoms. The van der Waals surface area contributed by atoms with E-state index in [1.165, 1.54) is 6.07 Å². The van der Waals surface area contributed by atoms with Gasteiger partial charge in [0.2, 0.25) is 0 Å². The Hall–Kier alpha value is -1.32. The second-order valence-corrected chi connectivity index (χ2v) is 2.24. The summed E-state index contributed by atoms with van der Waals surface area (Å²) < 4.78 is 47.7. The van der Waals surface area contributed by atoms with Crippen LogP contribution in [0.25, 0.3) is 0 Å². The van der Waals surface area contributed by atoms with Crippen molar-refractivity contribution >= 4 is 5.91 Å². The predicted molar refractivity (Wildman–Crippen MR) is 34.2 cm³/mol. The SMILES string of the molecule is CN(CC#N)C(=O)C(F)(F)C(F)F. The molecular weight excluding hydrogens is 192 g/mol. The molecule has 0 atom stereocenters. The maximum atomic E-state index is 12.3. The standard InChI is InChI=1S/C6H6F4N2O/c1-12(3-2-11)5(13)6(9,10)4(7)8/h4H,3H2,1H3. The summed E-state index contributed by atoms with van der Waals surface area (Å²) >= 11 is 0. The molecule has 0 rings (SSSR count). The molecule has 0 fully saturated rings. The molecule has 0 saturated carbocycles. The minimum absolute atomic E-state index is 0.242. The highest BCUT2D eigenvalue weighted by Gasteiger charge is 2.50. The first-order valence-corrected chi connectivity index (χ1v) is 3.12. The van der Waals surface area contributed by atoms with Crippen molar-refractivity contribution in [2.75, 3.05) is 13.6 Å². The number of carbonyl (C=O) groups is 1. The summed E-state index contributed by atoms with van der Waals surface area (Å²) in [5.74, 6) is -6.77. The maximum Gasteiger partial charge on any atom is 0.383 e. The summed E-state index contributed by atoms with van der Waals surface area (Å²) in [6, 6.07) is 1.39. The van der Waals surface area contributed by atoms with E-state index in [2.05, 4.69) is 0 Å². The molecule has 0 spiro atoms. The Balaban J connectivity index is 4.51. The van der Waals surface area contributed by atoms with E-state index in [0.29, 0.717) is 0 Å². The monoisotopic (exact) mass is 198 g/mol. The molecule has 0 aliphatic carbocycles. The summed E-state index contributed by atoms with van der Waals surface area (Å²) in [7, 11) is 0.849. The molecule has 0 aromatic rings. The number of halogens is 4. The summed E-state index contributed by atoms with van der Waals surface area (Å²) in [6.45, 7) is -0.652. The topological polar surface area (TPSA) is 44.1 Å². The zero-order chi connectivity index (χ0) is 10.6. The molecule has 13 heavy (non-hydrogen) atoms. The Labute approximate surface area is 71.5 Å². The van der Waals surface area contributed by atoms with Gasteiger partial charge in [-0.25, -0.2) is 8.78 Å². The third-order valence-corrected chi connectivity index (χ3v) is 1.21. The van der Waals surface area contributed by atoms with Gasteiger partial charge in [-0.3, -0.25) is 4.79 Å². The number of nitrogens with zero attached hydrogens (tertiary/aromatic N) is 2. The van der Waals surface area contributed by atoms with Gasteiger partial charge in [0.05, 0.1) is 6.07 Å². The van der Waals surface area contributed by atoms with Crippen LogP contribution >= 0.6 is 0 Å². The summed E-state index contributed by atoms with van der Waals surface area (Å²) in [6.07, 6.45) is -4.05. The van der Waals surface area contributed by atoms with Gasteiger partial charge in [0.15, 0.2) is 0 Å². The zero-order valence-electron chi connectivity index (χ0n) is 6.60. The van der Waals surface area contributed by atoms with Crippen LogP contribution in [0, 0.1) is 11.3 Å². The van der Waals surface area contributed by atoms with Crippen LogP contribution in [0.15, 0.2) is 0 Å². The van der Waals surface area contributed by atoms with Gasteiger partial charge in [0.25, 0.3) is 5.91 Å². The van der Waals surface area contributed by atoms with Gasteiger partial charge in [-0.05, 0) is 0 Å². The summed E-state index contributed by atoms with van der Waals surface area (Å²) in [4.78, 5) is 10.8. The van der Waals surface area contributed by atoms with Crippen LogP contribution in [0.4, 0.5) is 17.6 Å². The van der Waals surface area contributed by atoms with Crippen molar-refractivity contribution in [3.05, 3.63) is 0 Å². The number of hydrogen-bond acceptors (Lipinski definition) is 2. The fourth-order valence-corrected chi connectivity index (χ4v) is 0.526. The third kappa shape index (κ3) is 2.57. The lowest BCUT2D eigenvalue weighted by Crippen LogP contribution is -2.46. The van der Waals surface area contributed by atoms with Crippen molar-refractivity contribution in [1.82, 2.24) is 4.90 Å². The fraction of sp³-hybridized carbons (Fsp3) is 0.667. The maximum absolute atomic E-state index is 12.3. The molecule has 1 amide bonds. The molecule has 3 nitrogen and oxygen atoms in total. The number of nitriles is 1. The van der Waals surface area contributed by atoms with Crippen molar-refractivity contribution in [2.24, 2.45) is 0 Å². The van der Waals surface area contributed by atoms with Crippen LogP contribution < -0.4 is 0 Å². The number of hydrogen-bond donors (Lipinski definition) is 0. The van der Waals surface area contributed by atoms with E-state index in [1.54, 1.807) is 0 Å². The molecule has 0 radical (unpaired) electrons. The smallest absolute Gasteiger partial charge is 0.327 e. The second-order valence-electron chi connectivity index (χ2n) is 2.24. The highest BCUT2D eigenvalue weighted by atomic mass is 19.3. The summed E-state index contributed by atoms with van der Waals surface area (Å²) in [5, 5.41) is 8.01. The lowest BCUT2D eigenvalue weighted by atomic mass is 10.3. The normalized spacial score (nSPS) is 11.2. The van der Waals surface area contributed by atoms with Crippen LogP contribution in [0.5, 0.6) is 0 Å². The van der Waals surface area contributed by atoms with Crippen molar-refractivity contribution in [1.29, 1.82) is 5.26 Å². The Morgan fingerprint density at radius 3 is 2.38 bits per heavy atom. The molecular formula is C6H6F4N2O. The van der Waals surface area contributed by atoms with Crippen molar-refractivity contribution < 1.29 is 22.4 Å². The molecule has 0 unspecified atom stereocenters. The molecule has 0 aliphatic rings. The number of carbonyl (C=O) groups excluding carboxylic acids is 1. The fourth-order valence-electron chi connectivity index (χ4n) is 0.526. The molecule has 0 aromatic carbocycles. The molecule has 0 N–H and O–H groups in total. The molecule has 7 heteroatoms. The highest BCUT2D eigenvalue weighted by molar-refractivity contribution is 5.83. The lowest BCUT2D eigenvalue weighted by molar-refractivity contribution is -0.178. The Morgan fingerprint density at radius 2 is 2.08 bits per heavy atom. The van der Waals surface area contributed by atoms with Crippen molar-refractivity contribution in [3.63, 3.8) is 0 Å². The Morgan fingerprint density at radius 1 is 1.62 bits per heavy atom. The third-order valence-electron chi connectivity index (χ3n) is 1.21. The molecule has 0 aliphatic heterocycles. The van der Waals surface area contributed by atoms with Gasteiger partial charge in [-0.15, -0.1) is 0 Å². The Bertz CT molecular complexity index is 235. The van der Waals surface area contributed by atoms with Gasteiger partial charge in [0, 0.05) is 7.05 Å². The number of rotatable bonds is 3. The minimum atomic E-state index is -4.72. The average molecular weight is 198 g/mol. The van der Waals surface area contributed by atoms with Crippen molar-refractivity contribution in [3.8, 4) is 6.07 Å². The van der Waals surface area contributed by atoms with Crippen LogP contribution in [0.2, 0.25) is 0 Å². The minimum Gasteiger partial charge on any atom is -0.327 e. The molecule has 0 saturated heterocycles. The van der Waals surface area contributed by atoms with Crippen LogP contribution in [0.3, 0.4) is 0 Å². The molecule has 0 heterocycles. The lowest BCUT2D eigenvalue weighted by Gasteiger charge is -2.20. The van der Waals surface area contributed by atoms with Gasteiger partial charge < -0.3 is 4.90 Å². The first-order chi connectivity index (χ1) is 5.84. The van der Waals surface area contributed by atoms with Crippen LogP contribution in [0.1, 0.15) is 0 Å². The van der Waals surface area contributed by atoms with E-state index < -0.39 is 24.8 Å². The van der Waals surface area contributed by atoms with E-state index in [0.717, 1.165) is 7.05 Å². The highest BCUT2D eigenvalue weighted by Crippen LogP contribution is 2.24. The van der Waals surface area contributed by atoms with Crippen LogP contribution in [-0.4, -0.2) is 36.7 Å². The summed E-state index contributed by atoms with van der Waals surface area (Å²) in [5.41, 5.74) is 0. The quantitative estimate of drug-likeness (QED) is 0.498. The first kappa shape index (κ1) is 11.7. The van der Waals surface area contributed by atoms with E-state index in [1.807, 2.05) is 0 Å². The number of alkyl halides is 4. The average Bonchev–Trinajstić information content (AvgIpc) is 2.03. The van der Waals surface area contributed by atoms with Gasteiger partial charge in [-0.1, -0.05) is 0 Å². The second kappa shape index (κ2) is 4.07. The molecule has 74 valence electrons. The van der Waals surface area contributed by atoms with Crippen LogP contribution in [-0.2, 0) is 4.79 Å². The van der Waals surface area contributed by atoms with Gasteiger partial charge >= 0.3 is 12.3 Å². The zero-order valence-corrected chi connectivity index (χ0v) is 6.60. The Kier molecular flexibility index (Phi) is 3.66. The predicted octanol–water partition coefficient (Wildman–Crippen LogP) is 0.869. The first-order valence-electron chi connectivity index (χ1n) is 3.12. The van der Waals surface area contributed by atoms with E-state index in [-0.39, 0.29) is 4.90 Å². The van der Waals surface area contributed by atoms with Gasteiger partial charge in [0.1, 0.15) is 6.54 Å². The van der Waals surface area contributed by atoms with E-state index >= 15 is 0 Å². The number of amides is 1. The van der Waals surface area contributed by atoms with E-state index in [4.69, 9.17) is 5.26 Å². The van der Waals surface area contributed by atoms with Crippen molar-refractivity contribution in [2.45, 2.75) is 12.3 Å². The largest absolute Gasteiger partial charge is 0.383 e.